The molecule has 0 unspecified atom stereocenters. The Morgan fingerprint density at radius 3 is 3.19 bits per heavy atom. The summed E-state index contributed by atoms with van der Waals surface area (Å²) in [5, 5.41) is 5.70. The lowest BCUT2D eigenvalue weighted by molar-refractivity contribution is -0.134. The maximum atomic E-state index is 11.7. The first-order valence-corrected chi connectivity index (χ1v) is 5.48. The van der Waals surface area contributed by atoms with Gasteiger partial charge in [-0.05, 0) is 6.42 Å². The molecule has 0 aliphatic carbocycles. The number of nitrogens with one attached hydrogen (secondary N) is 2. The Labute approximate surface area is 95.3 Å². The monoisotopic (exact) mass is 229 g/mol. The fraction of sp³-hybridized carbons (Fsp3) is 0.800. The van der Waals surface area contributed by atoms with Crippen LogP contribution in [0.4, 0.5) is 0 Å². The largest absolute Gasteiger partial charge is 0.383 e. The highest BCUT2D eigenvalue weighted by Gasteiger charge is 2.18. The third-order valence-corrected chi connectivity index (χ3v) is 2.37. The van der Waals surface area contributed by atoms with Gasteiger partial charge in [-0.3, -0.25) is 9.59 Å². The zero-order chi connectivity index (χ0) is 11.8. The molecule has 1 saturated heterocycles. The summed E-state index contributed by atoms with van der Waals surface area (Å²) in [6.45, 7) is 2.95. The maximum absolute atomic E-state index is 11.7. The Morgan fingerprint density at radius 1 is 1.62 bits per heavy atom. The minimum atomic E-state index is -0.0808. The van der Waals surface area contributed by atoms with Crippen LogP contribution >= 0.6 is 0 Å². The van der Waals surface area contributed by atoms with Gasteiger partial charge in [-0.25, -0.2) is 0 Å². The lowest BCUT2D eigenvalue weighted by Crippen LogP contribution is -2.42. The minimum Gasteiger partial charge on any atom is -0.383 e. The summed E-state index contributed by atoms with van der Waals surface area (Å²) < 4.78 is 4.85. The number of methoxy groups -OCH3 is 1. The molecular formula is C10H19N3O3. The SMILES string of the molecule is COCCNCC(=O)N1CCCNC(=O)C1. The molecule has 1 heterocycles. The molecule has 0 aromatic carbocycles. The highest BCUT2D eigenvalue weighted by Crippen LogP contribution is 1.96. The molecule has 0 atom stereocenters. The molecule has 2 amide bonds. The Hall–Kier alpha value is -1.14. The van der Waals surface area contributed by atoms with Crippen LogP contribution in [0.3, 0.4) is 0 Å². The van der Waals surface area contributed by atoms with Crippen LogP contribution < -0.4 is 10.6 Å². The molecule has 6 heteroatoms. The van der Waals surface area contributed by atoms with E-state index >= 15 is 0 Å². The Morgan fingerprint density at radius 2 is 2.44 bits per heavy atom. The van der Waals surface area contributed by atoms with Gasteiger partial charge in [0.15, 0.2) is 0 Å². The van der Waals surface area contributed by atoms with Gasteiger partial charge in [-0.2, -0.15) is 0 Å². The quantitative estimate of drug-likeness (QED) is 0.567. The van der Waals surface area contributed by atoms with Crippen molar-refractivity contribution in [3.8, 4) is 0 Å². The predicted octanol–water partition coefficient (Wildman–Crippen LogP) is -1.43. The smallest absolute Gasteiger partial charge is 0.239 e. The van der Waals surface area contributed by atoms with E-state index in [1.54, 1.807) is 12.0 Å². The fourth-order valence-electron chi connectivity index (χ4n) is 1.50. The average molecular weight is 229 g/mol. The number of ether oxygens (including phenoxy) is 1. The molecule has 2 N–H and O–H groups in total. The van der Waals surface area contributed by atoms with Crippen molar-refractivity contribution in [2.45, 2.75) is 6.42 Å². The highest BCUT2D eigenvalue weighted by molar-refractivity contribution is 5.86. The molecule has 6 nitrogen and oxygen atoms in total. The number of rotatable bonds is 5. The Bertz CT molecular complexity index is 245. The van der Waals surface area contributed by atoms with Gasteiger partial charge in [0.25, 0.3) is 0 Å². The van der Waals surface area contributed by atoms with E-state index in [4.69, 9.17) is 4.74 Å². The number of amides is 2. The molecule has 1 fully saturated rings. The molecule has 0 saturated carbocycles. The van der Waals surface area contributed by atoms with Crippen molar-refractivity contribution >= 4 is 11.8 Å². The van der Waals surface area contributed by atoms with E-state index in [-0.39, 0.29) is 24.9 Å². The standard InChI is InChI=1S/C10H19N3O3/c1-16-6-4-11-7-10(15)13-5-2-3-12-9(14)8-13/h11H,2-8H2,1H3,(H,12,14). The summed E-state index contributed by atoms with van der Waals surface area (Å²) in [7, 11) is 1.61. The second-order valence-corrected chi connectivity index (χ2v) is 3.69. The Kier molecular flexibility index (Phi) is 5.81. The molecule has 0 aromatic rings. The van der Waals surface area contributed by atoms with E-state index in [1.165, 1.54) is 0 Å². The summed E-state index contributed by atoms with van der Waals surface area (Å²) in [6.07, 6.45) is 0.815. The number of carbonyl (C=O) groups excluding carboxylic acids is 2. The minimum absolute atomic E-state index is 0.0341. The van der Waals surface area contributed by atoms with E-state index in [0.717, 1.165) is 6.42 Å². The lowest BCUT2D eigenvalue weighted by atomic mass is 10.4. The molecule has 92 valence electrons. The summed E-state index contributed by atoms with van der Waals surface area (Å²) in [6, 6.07) is 0. The van der Waals surface area contributed by atoms with E-state index < -0.39 is 0 Å². The van der Waals surface area contributed by atoms with Crippen molar-refractivity contribution in [2.75, 3.05) is 46.4 Å². The van der Waals surface area contributed by atoms with Crippen LogP contribution in [-0.4, -0.2) is 63.2 Å². The Balaban J connectivity index is 2.25. The number of carbonyl (C=O) groups is 2. The third kappa shape index (κ3) is 4.59. The van der Waals surface area contributed by atoms with Gasteiger partial charge in [0.1, 0.15) is 0 Å². The molecule has 0 radical (unpaired) electrons. The highest BCUT2D eigenvalue weighted by atomic mass is 16.5. The normalized spacial score (nSPS) is 16.8. The van der Waals surface area contributed by atoms with Crippen molar-refractivity contribution in [1.29, 1.82) is 0 Å². The first kappa shape index (κ1) is 12.9. The van der Waals surface area contributed by atoms with Gasteiger partial charge >= 0.3 is 0 Å². The molecular weight excluding hydrogens is 210 g/mol. The summed E-state index contributed by atoms with van der Waals surface area (Å²) >= 11 is 0. The van der Waals surface area contributed by atoms with Gasteiger partial charge < -0.3 is 20.3 Å². The van der Waals surface area contributed by atoms with E-state index in [2.05, 4.69) is 10.6 Å². The fourth-order valence-corrected chi connectivity index (χ4v) is 1.50. The molecule has 0 bridgehead atoms. The molecule has 1 aliphatic rings. The summed E-state index contributed by atoms with van der Waals surface area (Å²) in [5.41, 5.74) is 0. The summed E-state index contributed by atoms with van der Waals surface area (Å²) in [5.74, 6) is -0.115. The topological polar surface area (TPSA) is 70.7 Å². The molecule has 0 spiro atoms. The van der Waals surface area contributed by atoms with Gasteiger partial charge in [-0.1, -0.05) is 0 Å². The second-order valence-electron chi connectivity index (χ2n) is 3.69. The van der Waals surface area contributed by atoms with Crippen LogP contribution in [0, 0.1) is 0 Å². The van der Waals surface area contributed by atoms with Gasteiger partial charge in [0, 0.05) is 26.7 Å². The van der Waals surface area contributed by atoms with Crippen molar-refractivity contribution < 1.29 is 14.3 Å². The van der Waals surface area contributed by atoms with Crippen molar-refractivity contribution in [1.82, 2.24) is 15.5 Å². The third-order valence-electron chi connectivity index (χ3n) is 2.37. The van der Waals surface area contributed by atoms with Crippen LogP contribution in [0.15, 0.2) is 0 Å². The van der Waals surface area contributed by atoms with Crippen LogP contribution in [0.1, 0.15) is 6.42 Å². The van der Waals surface area contributed by atoms with E-state index in [0.29, 0.717) is 26.2 Å². The van der Waals surface area contributed by atoms with Gasteiger partial charge in [0.2, 0.25) is 11.8 Å². The first-order valence-electron chi connectivity index (χ1n) is 5.48. The van der Waals surface area contributed by atoms with Crippen LogP contribution in [-0.2, 0) is 14.3 Å². The molecule has 1 aliphatic heterocycles. The van der Waals surface area contributed by atoms with E-state index in [9.17, 15) is 9.59 Å². The van der Waals surface area contributed by atoms with Gasteiger partial charge in [-0.15, -0.1) is 0 Å². The molecule has 1 rings (SSSR count). The van der Waals surface area contributed by atoms with Crippen molar-refractivity contribution in [2.24, 2.45) is 0 Å². The van der Waals surface area contributed by atoms with Crippen LogP contribution in [0.25, 0.3) is 0 Å². The number of hydrogen-bond acceptors (Lipinski definition) is 4. The van der Waals surface area contributed by atoms with E-state index in [1.807, 2.05) is 0 Å². The van der Waals surface area contributed by atoms with Crippen LogP contribution in [0.2, 0.25) is 0 Å². The first-order chi connectivity index (χ1) is 7.74. The lowest BCUT2D eigenvalue weighted by Gasteiger charge is -2.19. The average Bonchev–Trinajstić information content (AvgIpc) is 2.49. The molecule has 16 heavy (non-hydrogen) atoms. The zero-order valence-electron chi connectivity index (χ0n) is 9.62. The summed E-state index contributed by atoms with van der Waals surface area (Å²) in [4.78, 5) is 24.5. The predicted molar refractivity (Wildman–Crippen MR) is 59.0 cm³/mol. The maximum Gasteiger partial charge on any atom is 0.239 e. The van der Waals surface area contributed by atoms with Gasteiger partial charge in [0.05, 0.1) is 19.7 Å². The number of nitrogens with zero attached hydrogens (tertiary/aromatic N) is 1. The second kappa shape index (κ2) is 7.19. The molecule has 0 aromatic heterocycles. The van der Waals surface area contributed by atoms with Crippen LogP contribution in [0.5, 0.6) is 0 Å². The zero-order valence-corrected chi connectivity index (χ0v) is 9.62. The van der Waals surface area contributed by atoms with Crippen molar-refractivity contribution in [3.63, 3.8) is 0 Å². The van der Waals surface area contributed by atoms with Crippen molar-refractivity contribution in [3.05, 3.63) is 0 Å². The number of hydrogen-bond donors (Lipinski definition) is 2.